The SMILES string of the molecule is CCc1cncc(CNCC(O)C2Cc3cc(F)cc(c3)OCCCCC(=O)N(C)C(CC(N)=O)C(=O)N2)c1. The van der Waals surface area contributed by atoms with Crippen molar-refractivity contribution in [2.75, 3.05) is 20.2 Å². The number of ether oxygens (including phenoxy) is 1. The molecule has 1 aromatic heterocycles. The topological polar surface area (TPSA) is 147 Å². The molecule has 0 spiro atoms. The van der Waals surface area contributed by atoms with Crippen molar-refractivity contribution in [2.45, 2.75) is 70.2 Å². The first-order valence-electron chi connectivity index (χ1n) is 13.2. The molecule has 3 rings (SSSR count). The third-order valence-corrected chi connectivity index (χ3v) is 6.73. The molecule has 2 heterocycles. The van der Waals surface area contributed by atoms with E-state index in [1.54, 1.807) is 18.5 Å². The maximum Gasteiger partial charge on any atom is 0.243 e. The van der Waals surface area contributed by atoms with Gasteiger partial charge in [0.1, 0.15) is 17.6 Å². The minimum absolute atomic E-state index is 0.0799. The molecule has 3 unspecified atom stereocenters. The van der Waals surface area contributed by atoms with Crippen molar-refractivity contribution in [3.8, 4) is 5.75 Å². The van der Waals surface area contributed by atoms with E-state index in [0.29, 0.717) is 30.7 Å². The molecule has 0 saturated heterocycles. The summed E-state index contributed by atoms with van der Waals surface area (Å²) >= 11 is 0. The third-order valence-electron chi connectivity index (χ3n) is 6.73. The van der Waals surface area contributed by atoms with Gasteiger partial charge in [-0.15, -0.1) is 0 Å². The summed E-state index contributed by atoms with van der Waals surface area (Å²) in [6, 6.07) is 4.26. The number of likely N-dealkylation sites (N-methyl/N-ethyl adjacent to an activating group) is 1. The summed E-state index contributed by atoms with van der Waals surface area (Å²) in [5, 5.41) is 17.1. The number of halogens is 1. The van der Waals surface area contributed by atoms with Gasteiger partial charge in [-0.3, -0.25) is 19.4 Å². The Bertz CT molecular complexity index is 1150. The number of aliphatic hydroxyl groups excluding tert-OH is 1. The second-order valence-electron chi connectivity index (χ2n) is 9.86. The van der Waals surface area contributed by atoms with Crippen LogP contribution in [0.4, 0.5) is 4.39 Å². The van der Waals surface area contributed by atoms with Crippen molar-refractivity contribution in [3.63, 3.8) is 0 Å². The van der Waals surface area contributed by atoms with E-state index in [4.69, 9.17) is 10.5 Å². The summed E-state index contributed by atoms with van der Waals surface area (Å²) in [4.78, 5) is 43.3. The molecule has 39 heavy (non-hydrogen) atoms. The number of carbonyl (C=O) groups excluding carboxylic acids is 3. The van der Waals surface area contributed by atoms with Gasteiger partial charge in [0, 0.05) is 45.0 Å². The number of nitrogens with one attached hydrogen (secondary N) is 2. The molecule has 3 amide bonds. The number of aromatic nitrogens is 1. The zero-order valence-electron chi connectivity index (χ0n) is 22.5. The number of rotatable bonds is 8. The number of benzene rings is 1. The van der Waals surface area contributed by atoms with Gasteiger partial charge in [0.15, 0.2) is 0 Å². The highest BCUT2D eigenvalue weighted by molar-refractivity contribution is 5.91. The third kappa shape index (κ3) is 9.29. The maximum absolute atomic E-state index is 14.4. The Morgan fingerprint density at radius 3 is 2.77 bits per heavy atom. The second kappa shape index (κ2) is 14.5. The van der Waals surface area contributed by atoms with Gasteiger partial charge < -0.3 is 31.1 Å². The predicted molar refractivity (Wildman–Crippen MR) is 143 cm³/mol. The van der Waals surface area contributed by atoms with Crippen LogP contribution in [0.1, 0.15) is 49.3 Å². The van der Waals surface area contributed by atoms with Crippen molar-refractivity contribution in [3.05, 3.63) is 59.2 Å². The molecule has 10 nitrogen and oxygen atoms in total. The fourth-order valence-corrected chi connectivity index (χ4v) is 4.49. The molecule has 3 atom stereocenters. The summed E-state index contributed by atoms with van der Waals surface area (Å²) in [6.07, 6.45) is 4.17. The molecule has 1 aliphatic rings. The monoisotopic (exact) mass is 543 g/mol. The van der Waals surface area contributed by atoms with Crippen molar-refractivity contribution >= 4 is 17.7 Å². The van der Waals surface area contributed by atoms with E-state index in [2.05, 4.69) is 15.6 Å². The first-order chi connectivity index (χ1) is 18.7. The smallest absolute Gasteiger partial charge is 0.243 e. The number of pyridine rings is 1. The number of fused-ring (bicyclic) bond motifs is 2. The number of hydrogen-bond acceptors (Lipinski definition) is 7. The lowest BCUT2D eigenvalue weighted by Gasteiger charge is -2.30. The number of aryl methyl sites for hydroxylation is 1. The first kappa shape index (κ1) is 30.0. The Hall–Kier alpha value is -3.57. The van der Waals surface area contributed by atoms with Gasteiger partial charge in [-0.2, -0.15) is 0 Å². The number of carbonyl (C=O) groups is 3. The second-order valence-corrected chi connectivity index (χ2v) is 9.86. The molecular formula is C28H38FN5O5. The van der Waals surface area contributed by atoms with E-state index >= 15 is 0 Å². The van der Waals surface area contributed by atoms with Crippen LogP contribution in [0.2, 0.25) is 0 Å². The summed E-state index contributed by atoms with van der Waals surface area (Å²) in [5.74, 6) is -1.86. The van der Waals surface area contributed by atoms with E-state index in [1.807, 2.05) is 13.0 Å². The number of nitrogens with zero attached hydrogens (tertiary/aromatic N) is 2. The molecule has 1 aromatic carbocycles. The Kier molecular flexibility index (Phi) is 11.2. The first-order valence-corrected chi connectivity index (χ1v) is 13.2. The van der Waals surface area contributed by atoms with Gasteiger partial charge in [0.2, 0.25) is 17.7 Å². The van der Waals surface area contributed by atoms with Crippen LogP contribution >= 0.6 is 0 Å². The van der Waals surface area contributed by atoms with Crippen LogP contribution in [0, 0.1) is 5.82 Å². The fraction of sp³-hybridized carbons (Fsp3) is 0.500. The van der Waals surface area contributed by atoms with Crippen molar-refractivity contribution in [1.82, 2.24) is 20.5 Å². The van der Waals surface area contributed by atoms with E-state index in [9.17, 15) is 23.9 Å². The lowest BCUT2D eigenvalue weighted by molar-refractivity contribution is -0.141. The Balaban J connectivity index is 1.83. The molecule has 11 heteroatoms. The molecule has 0 aliphatic carbocycles. The van der Waals surface area contributed by atoms with Crippen LogP contribution < -0.4 is 21.1 Å². The van der Waals surface area contributed by atoms with Gasteiger partial charge in [-0.1, -0.05) is 13.0 Å². The average molecular weight is 544 g/mol. The van der Waals surface area contributed by atoms with Gasteiger partial charge in [-0.05, 0) is 54.5 Å². The molecule has 2 bridgehead atoms. The van der Waals surface area contributed by atoms with Gasteiger partial charge >= 0.3 is 0 Å². The maximum atomic E-state index is 14.4. The highest BCUT2D eigenvalue weighted by Crippen LogP contribution is 2.20. The van der Waals surface area contributed by atoms with E-state index < -0.39 is 35.8 Å². The van der Waals surface area contributed by atoms with Crippen LogP contribution in [0.3, 0.4) is 0 Å². The highest BCUT2D eigenvalue weighted by atomic mass is 19.1. The minimum Gasteiger partial charge on any atom is -0.493 e. The standard InChI is InChI=1S/C28H38FN5O5/c1-3-18-8-20(15-31-14-18)16-32-17-25(35)23-11-19-9-21(29)12-22(10-19)39-7-5-4-6-27(37)34(2)24(13-26(30)36)28(38)33-23/h8-10,12,14-15,23-25,32,35H,3-7,11,13,16-17H2,1-2H3,(H2,30,36)(H,33,38). The van der Waals surface area contributed by atoms with Crippen LogP contribution in [-0.4, -0.2) is 71.1 Å². The molecule has 1 aliphatic heterocycles. The van der Waals surface area contributed by atoms with Gasteiger partial charge in [0.25, 0.3) is 0 Å². The van der Waals surface area contributed by atoms with Crippen LogP contribution in [0.15, 0.2) is 36.7 Å². The predicted octanol–water partition coefficient (Wildman–Crippen LogP) is 1.23. The van der Waals surface area contributed by atoms with E-state index in [0.717, 1.165) is 17.5 Å². The summed E-state index contributed by atoms with van der Waals surface area (Å²) in [6.45, 7) is 2.87. The van der Waals surface area contributed by atoms with Crippen molar-refractivity contribution in [1.29, 1.82) is 0 Å². The molecule has 0 saturated carbocycles. The molecular weight excluding hydrogens is 505 g/mol. The molecule has 212 valence electrons. The lowest BCUT2D eigenvalue weighted by Crippen LogP contribution is -2.55. The molecule has 0 fully saturated rings. The van der Waals surface area contributed by atoms with Crippen molar-refractivity contribution < 1.29 is 28.6 Å². The number of hydrogen-bond donors (Lipinski definition) is 4. The molecule has 2 aromatic rings. The molecule has 0 radical (unpaired) electrons. The summed E-state index contributed by atoms with van der Waals surface area (Å²) in [7, 11) is 1.45. The van der Waals surface area contributed by atoms with E-state index in [-0.39, 0.29) is 38.3 Å². The number of primary amides is 1. The number of amides is 3. The van der Waals surface area contributed by atoms with Crippen molar-refractivity contribution in [2.24, 2.45) is 5.73 Å². The van der Waals surface area contributed by atoms with Crippen LogP contribution in [-0.2, 0) is 33.8 Å². The zero-order valence-corrected chi connectivity index (χ0v) is 22.5. The minimum atomic E-state index is -1.15. The Morgan fingerprint density at radius 1 is 1.26 bits per heavy atom. The average Bonchev–Trinajstić information content (AvgIpc) is 2.90. The fourth-order valence-electron chi connectivity index (χ4n) is 4.49. The largest absolute Gasteiger partial charge is 0.493 e. The van der Waals surface area contributed by atoms with Crippen LogP contribution in [0.5, 0.6) is 5.75 Å². The Morgan fingerprint density at radius 2 is 2.03 bits per heavy atom. The van der Waals surface area contributed by atoms with Gasteiger partial charge in [-0.25, -0.2) is 4.39 Å². The van der Waals surface area contributed by atoms with Gasteiger partial charge in [0.05, 0.1) is 25.2 Å². The lowest BCUT2D eigenvalue weighted by atomic mass is 9.99. The zero-order chi connectivity index (χ0) is 28.4. The number of nitrogens with two attached hydrogens (primary N) is 1. The summed E-state index contributed by atoms with van der Waals surface area (Å²) < 4.78 is 20.1. The Labute approximate surface area is 228 Å². The van der Waals surface area contributed by atoms with E-state index in [1.165, 1.54) is 24.1 Å². The number of aliphatic hydroxyl groups is 1. The normalized spacial score (nSPS) is 19.8. The molecule has 5 N–H and O–H groups in total. The highest BCUT2D eigenvalue weighted by Gasteiger charge is 2.32. The quantitative estimate of drug-likeness (QED) is 0.392. The van der Waals surface area contributed by atoms with Crippen LogP contribution in [0.25, 0.3) is 0 Å². The summed E-state index contributed by atoms with van der Waals surface area (Å²) in [5.41, 5.74) is 7.94.